The van der Waals surface area contributed by atoms with Gasteiger partial charge in [-0.1, -0.05) is 35.5 Å². The van der Waals surface area contributed by atoms with Gasteiger partial charge in [0.2, 0.25) is 11.1 Å². The Kier molecular flexibility index (Phi) is 7.47. The maximum Gasteiger partial charge on any atom is 0.233 e. The molecule has 3 rings (SSSR count). The molecule has 1 amide bonds. The number of allylic oxidation sites excluding steroid dienone is 1. The minimum absolute atomic E-state index is 0.0143. The van der Waals surface area contributed by atoms with Crippen molar-refractivity contribution in [3.8, 4) is 5.75 Å². The third kappa shape index (κ3) is 5.82. The highest BCUT2D eigenvalue weighted by atomic mass is 32.2. The summed E-state index contributed by atoms with van der Waals surface area (Å²) in [6.07, 6.45) is 8.16. The number of aromatic nitrogens is 4. The molecule has 8 heteroatoms. The Hall–Kier alpha value is -2.35. The lowest BCUT2D eigenvalue weighted by molar-refractivity contribution is -0.120. The number of nitrogens with one attached hydrogen (secondary N) is 1. The lowest BCUT2D eigenvalue weighted by atomic mass is 9.97. The molecule has 0 saturated carbocycles. The second-order valence-electron chi connectivity index (χ2n) is 6.88. The van der Waals surface area contributed by atoms with E-state index in [1.807, 2.05) is 31.2 Å². The van der Waals surface area contributed by atoms with E-state index in [0.717, 1.165) is 17.7 Å². The van der Waals surface area contributed by atoms with E-state index in [1.165, 1.54) is 43.0 Å². The molecule has 1 aromatic carbocycles. The summed E-state index contributed by atoms with van der Waals surface area (Å²) in [5.74, 6) is 0.824. The van der Waals surface area contributed by atoms with Crippen LogP contribution in [0, 0.1) is 0 Å². The van der Waals surface area contributed by atoms with Crippen LogP contribution in [0.3, 0.4) is 0 Å². The zero-order valence-electron chi connectivity index (χ0n) is 16.4. The van der Waals surface area contributed by atoms with Gasteiger partial charge in [-0.25, -0.2) is 4.68 Å². The van der Waals surface area contributed by atoms with Crippen molar-refractivity contribution in [3.63, 3.8) is 0 Å². The summed E-state index contributed by atoms with van der Waals surface area (Å²) in [4.78, 5) is 12.4. The van der Waals surface area contributed by atoms with Gasteiger partial charge in [0, 0.05) is 6.54 Å². The molecule has 1 heterocycles. The van der Waals surface area contributed by atoms with Gasteiger partial charge in [-0.3, -0.25) is 4.79 Å². The van der Waals surface area contributed by atoms with Gasteiger partial charge in [-0.15, -0.1) is 5.10 Å². The Morgan fingerprint density at radius 3 is 2.86 bits per heavy atom. The van der Waals surface area contributed by atoms with Crippen molar-refractivity contribution in [2.24, 2.45) is 0 Å². The predicted octanol–water partition coefficient (Wildman–Crippen LogP) is 3.22. The zero-order valence-corrected chi connectivity index (χ0v) is 17.2. The van der Waals surface area contributed by atoms with Gasteiger partial charge in [0.1, 0.15) is 5.75 Å². The van der Waals surface area contributed by atoms with Crippen molar-refractivity contribution in [1.29, 1.82) is 0 Å². The number of thioether (sulfide) groups is 1. The first kappa shape index (κ1) is 20.4. The number of amides is 1. The van der Waals surface area contributed by atoms with Crippen LogP contribution in [-0.2, 0) is 11.3 Å². The van der Waals surface area contributed by atoms with Crippen LogP contribution in [-0.4, -0.2) is 45.0 Å². The minimum Gasteiger partial charge on any atom is -0.497 e. The summed E-state index contributed by atoms with van der Waals surface area (Å²) < 4.78 is 6.89. The topological polar surface area (TPSA) is 81.9 Å². The summed E-state index contributed by atoms with van der Waals surface area (Å²) >= 11 is 1.37. The van der Waals surface area contributed by atoms with E-state index >= 15 is 0 Å². The number of tetrazole rings is 1. The minimum atomic E-state index is -0.263. The number of nitrogens with zero attached hydrogens (tertiary/aromatic N) is 4. The second-order valence-corrected chi connectivity index (χ2v) is 8.18. The SMILES string of the molecule is COc1ccc(Cn2nnnc2SC(C)C(=O)NCCC2=CCCCC2)cc1. The van der Waals surface area contributed by atoms with E-state index < -0.39 is 0 Å². The molecule has 0 fully saturated rings. The molecule has 1 atom stereocenters. The first-order valence-electron chi connectivity index (χ1n) is 9.67. The van der Waals surface area contributed by atoms with Gasteiger partial charge >= 0.3 is 0 Å². The van der Waals surface area contributed by atoms with E-state index in [4.69, 9.17) is 4.74 Å². The number of carbonyl (C=O) groups is 1. The van der Waals surface area contributed by atoms with E-state index in [-0.39, 0.29) is 11.2 Å². The summed E-state index contributed by atoms with van der Waals surface area (Å²) in [5, 5.41) is 15.3. The third-order valence-electron chi connectivity index (χ3n) is 4.77. The molecule has 1 aromatic heterocycles. The van der Waals surface area contributed by atoms with E-state index in [1.54, 1.807) is 11.8 Å². The maximum atomic E-state index is 12.4. The summed E-state index contributed by atoms with van der Waals surface area (Å²) in [7, 11) is 1.64. The number of hydrogen-bond donors (Lipinski definition) is 1. The van der Waals surface area contributed by atoms with E-state index in [9.17, 15) is 4.79 Å². The molecule has 2 aromatic rings. The van der Waals surface area contributed by atoms with Crippen LogP contribution in [0.1, 0.15) is 44.6 Å². The number of benzene rings is 1. The number of methoxy groups -OCH3 is 1. The van der Waals surface area contributed by atoms with E-state index in [0.29, 0.717) is 18.2 Å². The number of rotatable bonds is 9. The molecule has 1 aliphatic carbocycles. The Balaban J connectivity index is 1.49. The molecule has 1 aliphatic rings. The van der Waals surface area contributed by atoms with Gasteiger partial charge < -0.3 is 10.1 Å². The second kappa shape index (κ2) is 10.3. The first-order chi connectivity index (χ1) is 13.7. The number of carbonyl (C=O) groups excluding carboxylic acids is 1. The van der Waals surface area contributed by atoms with E-state index in [2.05, 4.69) is 26.9 Å². The van der Waals surface area contributed by atoms with Crippen molar-refractivity contribution >= 4 is 17.7 Å². The summed E-state index contributed by atoms with van der Waals surface area (Å²) in [6, 6.07) is 7.77. The van der Waals surface area contributed by atoms with Crippen molar-refractivity contribution in [3.05, 3.63) is 41.5 Å². The normalized spacial score (nSPS) is 15.0. The van der Waals surface area contributed by atoms with Crippen molar-refractivity contribution in [2.75, 3.05) is 13.7 Å². The monoisotopic (exact) mass is 401 g/mol. The van der Waals surface area contributed by atoms with Crippen molar-refractivity contribution in [1.82, 2.24) is 25.5 Å². The van der Waals surface area contributed by atoms with Crippen LogP contribution in [0.4, 0.5) is 0 Å². The Labute approximate surface area is 169 Å². The van der Waals surface area contributed by atoms with Crippen LogP contribution in [0.5, 0.6) is 5.75 Å². The molecule has 1 unspecified atom stereocenters. The molecule has 0 saturated heterocycles. The number of ether oxygens (including phenoxy) is 1. The highest BCUT2D eigenvalue weighted by molar-refractivity contribution is 8.00. The zero-order chi connectivity index (χ0) is 19.8. The third-order valence-corrected chi connectivity index (χ3v) is 5.84. The molecule has 7 nitrogen and oxygen atoms in total. The van der Waals surface area contributed by atoms with Crippen molar-refractivity contribution in [2.45, 2.75) is 56.0 Å². The molecule has 0 aliphatic heterocycles. The van der Waals surface area contributed by atoms with Gasteiger partial charge in [-0.05, 0) is 67.2 Å². The standard InChI is InChI=1S/C20H27N5O2S/c1-15(19(26)21-13-12-16-6-4-3-5-7-16)28-20-22-23-24-25(20)14-17-8-10-18(27-2)11-9-17/h6,8-11,15H,3-5,7,12-14H2,1-2H3,(H,21,26). The van der Waals surface area contributed by atoms with Gasteiger partial charge in [0.05, 0.1) is 18.9 Å². The molecule has 28 heavy (non-hydrogen) atoms. The van der Waals surface area contributed by atoms with Gasteiger partial charge in [0.25, 0.3) is 0 Å². The lowest BCUT2D eigenvalue weighted by Crippen LogP contribution is -2.32. The molecule has 0 bridgehead atoms. The average molecular weight is 402 g/mol. The van der Waals surface area contributed by atoms with Crippen LogP contribution < -0.4 is 10.1 Å². The number of hydrogen-bond acceptors (Lipinski definition) is 6. The highest BCUT2D eigenvalue weighted by Gasteiger charge is 2.18. The molecular weight excluding hydrogens is 374 g/mol. The quantitative estimate of drug-likeness (QED) is 0.513. The molecular formula is C20H27N5O2S. The predicted molar refractivity (Wildman–Crippen MR) is 109 cm³/mol. The van der Waals surface area contributed by atoms with Gasteiger partial charge in [-0.2, -0.15) is 0 Å². The van der Waals surface area contributed by atoms with Crippen LogP contribution in [0.2, 0.25) is 0 Å². The smallest absolute Gasteiger partial charge is 0.233 e. The summed E-state index contributed by atoms with van der Waals surface area (Å²) in [6.45, 7) is 3.11. The summed E-state index contributed by atoms with van der Waals surface area (Å²) in [5.41, 5.74) is 2.53. The first-order valence-corrected chi connectivity index (χ1v) is 10.5. The van der Waals surface area contributed by atoms with Crippen LogP contribution in [0.25, 0.3) is 0 Å². The lowest BCUT2D eigenvalue weighted by Gasteiger charge is -2.14. The Morgan fingerprint density at radius 2 is 2.14 bits per heavy atom. The van der Waals surface area contributed by atoms with Crippen molar-refractivity contribution < 1.29 is 9.53 Å². The maximum absolute atomic E-state index is 12.4. The fraction of sp³-hybridized carbons (Fsp3) is 0.500. The molecule has 1 N–H and O–H groups in total. The fourth-order valence-electron chi connectivity index (χ4n) is 3.12. The Morgan fingerprint density at radius 1 is 1.32 bits per heavy atom. The molecule has 0 spiro atoms. The average Bonchev–Trinajstić information content (AvgIpc) is 3.15. The molecule has 0 radical (unpaired) electrons. The highest BCUT2D eigenvalue weighted by Crippen LogP contribution is 2.22. The van der Waals surface area contributed by atoms with Crippen LogP contribution >= 0.6 is 11.8 Å². The van der Waals surface area contributed by atoms with Crippen LogP contribution in [0.15, 0.2) is 41.1 Å². The fourth-order valence-corrected chi connectivity index (χ4v) is 3.93. The largest absolute Gasteiger partial charge is 0.497 e. The van der Waals surface area contributed by atoms with Gasteiger partial charge in [0.15, 0.2) is 0 Å². The Bertz CT molecular complexity index is 803. The molecule has 150 valence electrons.